The van der Waals surface area contributed by atoms with Gasteiger partial charge in [-0.05, 0) is 124 Å². The molecule has 93 heavy (non-hydrogen) atoms. The maximum Gasteiger partial charge on any atom is 0.270 e. The number of amides is 8. The number of likely N-dealkylation sites (tertiary alicyclic amines) is 1. The lowest BCUT2D eigenvalue weighted by atomic mass is 9.83. The molecule has 4 aliphatic rings. The lowest BCUT2D eigenvalue weighted by Crippen LogP contribution is -2.55. The van der Waals surface area contributed by atoms with Crippen LogP contribution in [0.1, 0.15) is 162 Å². The molecule has 2 aliphatic carbocycles. The number of nitrogens with zero attached hydrogens (tertiary/aromatic N) is 7. The van der Waals surface area contributed by atoms with E-state index in [-0.39, 0.29) is 72.5 Å². The number of aryl methyl sites for hydroxylation is 2. The third kappa shape index (κ3) is 19.8. The molecule has 4 heterocycles. The van der Waals surface area contributed by atoms with Crippen molar-refractivity contribution in [2.24, 2.45) is 11.8 Å². The van der Waals surface area contributed by atoms with Crippen molar-refractivity contribution >= 4 is 58.6 Å². The molecule has 3 aromatic carbocycles. The highest BCUT2D eigenvalue weighted by Gasteiger charge is 2.37. The molecular weight excluding hydrogens is 1190 g/mol. The van der Waals surface area contributed by atoms with Crippen LogP contribution in [0.4, 0.5) is 20.2 Å². The first-order valence-corrected chi connectivity index (χ1v) is 33.3. The van der Waals surface area contributed by atoms with Gasteiger partial charge in [-0.15, -0.1) is 0 Å². The number of aliphatic hydroxyl groups is 1. The third-order valence-corrected chi connectivity index (χ3v) is 18.3. The van der Waals surface area contributed by atoms with Crippen LogP contribution in [-0.2, 0) is 61.2 Å². The van der Waals surface area contributed by atoms with Gasteiger partial charge < -0.3 is 46.8 Å². The van der Waals surface area contributed by atoms with Gasteiger partial charge in [0.1, 0.15) is 47.2 Å². The summed E-state index contributed by atoms with van der Waals surface area (Å²) in [4.78, 5) is 111. The van der Waals surface area contributed by atoms with Crippen LogP contribution in [-0.4, -0.2) is 156 Å². The van der Waals surface area contributed by atoms with Crippen molar-refractivity contribution in [2.75, 3.05) is 49.9 Å². The smallest absolute Gasteiger partial charge is 0.270 e. The highest BCUT2D eigenvalue weighted by atomic mass is 19.1. The molecule has 7 N–H and O–H groups in total. The summed E-state index contributed by atoms with van der Waals surface area (Å²) in [6.45, 7) is 13.9. The highest BCUT2D eigenvalue weighted by Crippen LogP contribution is 2.31. The predicted octanol–water partition coefficient (Wildman–Crippen LogP) is 7.31. The highest BCUT2D eigenvalue weighted by molar-refractivity contribution is 6.02. The lowest BCUT2D eigenvalue weighted by Gasteiger charge is -2.37. The van der Waals surface area contributed by atoms with Crippen molar-refractivity contribution in [3.8, 4) is 0 Å². The molecule has 0 unspecified atom stereocenters. The Morgan fingerprint density at radius 3 is 1.35 bits per heavy atom. The second kappa shape index (κ2) is 34.0. The van der Waals surface area contributed by atoms with E-state index in [0.29, 0.717) is 87.7 Å². The maximum atomic E-state index is 15.6. The largest absolute Gasteiger partial charge is 0.390 e. The number of rotatable bonds is 24. The molecule has 8 amide bonds. The monoisotopic (exact) mass is 1290 g/mol. The summed E-state index contributed by atoms with van der Waals surface area (Å²) in [6.07, 6.45) is 13.6. The minimum atomic E-state index is -0.896. The Morgan fingerprint density at radius 1 is 0.538 bits per heavy atom. The molecule has 5 aromatic rings. The summed E-state index contributed by atoms with van der Waals surface area (Å²) in [5.74, 6) is -4.33. The van der Waals surface area contributed by atoms with E-state index in [2.05, 4.69) is 59.1 Å². The van der Waals surface area contributed by atoms with E-state index in [9.17, 15) is 43.5 Å². The van der Waals surface area contributed by atoms with Gasteiger partial charge in [0.25, 0.3) is 11.8 Å². The number of hydrogen-bond acceptors (Lipinski definition) is 12. The number of piperazine rings is 1. The van der Waals surface area contributed by atoms with Crippen LogP contribution in [0.2, 0.25) is 0 Å². The van der Waals surface area contributed by atoms with Gasteiger partial charge in [-0.1, -0.05) is 94.8 Å². The minimum absolute atomic E-state index is 0.0163. The topological polar surface area (TPSA) is 274 Å². The Bertz CT molecular complexity index is 3350. The molecule has 502 valence electrons. The zero-order valence-corrected chi connectivity index (χ0v) is 54.4. The summed E-state index contributed by atoms with van der Waals surface area (Å²) < 4.78 is 34.1. The molecule has 2 saturated carbocycles. The second-order valence-electron chi connectivity index (χ2n) is 25.1. The average molecular weight is 1290 g/mol. The standard InChI is InChI=1S/C37H48FN7O4.C32H45FN6O5/c1-3-33(46)40-31(37(49)44-21-19-43(20-22-44)25-26-11-7-5-8-12-26)24-27-15-16-30(29(38)23-27)41-36(48)34(28-13-9-6-10-14-28)42-35(47)32-17-18-39-45(32)4-2;1-4-27(40)35-25(31(43)38-17-14-32(3,44)15-18-38)20-21-11-12-24(23(33)19-21)36-30(42)28(22-9-7-6-8-10-22)37-29(41)26-13-16-34-39(26)5-2/h5,7-8,11-12,15-18,23,28,31,34H,3-4,6,9-10,13-14,19-22,24-25H2,1-2H3,(H,40,46)(H,41,48)(H,42,47);11-13,16,19,22,25,28,44H,4-10,14-15,17-18,20H2,1-3H3,(H,35,40)(H,36,42)(H,37,41)/t31-,34+;25-,28+/m11/s1. The van der Waals surface area contributed by atoms with Gasteiger partial charge in [-0.25, -0.2) is 8.78 Å². The van der Waals surface area contributed by atoms with Crippen LogP contribution in [0.25, 0.3) is 0 Å². The molecular formula is C69H93F2N13O9. The molecule has 0 radical (unpaired) electrons. The van der Waals surface area contributed by atoms with Gasteiger partial charge >= 0.3 is 0 Å². The van der Waals surface area contributed by atoms with Gasteiger partial charge in [-0.2, -0.15) is 10.2 Å². The predicted molar refractivity (Wildman–Crippen MR) is 348 cm³/mol. The number of carbonyl (C=O) groups is 8. The van der Waals surface area contributed by atoms with E-state index in [0.717, 1.165) is 70.8 Å². The summed E-state index contributed by atoms with van der Waals surface area (Å²) in [5, 5.41) is 35.3. The first-order valence-electron chi connectivity index (χ1n) is 33.3. The Balaban J connectivity index is 0.000000240. The number of carbonyl (C=O) groups excluding carboxylic acids is 8. The number of hydrogen-bond donors (Lipinski definition) is 7. The molecule has 22 nitrogen and oxygen atoms in total. The van der Waals surface area contributed by atoms with Crippen LogP contribution < -0.4 is 31.9 Å². The van der Waals surface area contributed by atoms with Crippen molar-refractivity contribution in [2.45, 2.75) is 187 Å². The molecule has 4 fully saturated rings. The number of piperidine rings is 1. The Kier molecular flexibility index (Phi) is 25.7. The van der Waals surface area contributed by atoms with E-state index in [1.807, 2.05) is 32.0 Å². The Labute approximate surface area is 543 Å². The fourth-order valence-electron chi connectivity index (χ4n) is 12.8. The number of anilines is 2. The van der Waals surface area contributed by atoms with Gasteiger partial charge in [-0.3, -0.25) is 52.6 Å². The number of halogens is 2. The fraction of sp³-hybridized carbons (Fsp3) is 0.536. The van der Waals surface area contributed by atoms with E-state index < -0.39 is 65.0 Å². The van der Waals surface area contributed by atoms with E-state index in [1.165, 1.54) is 36.0 Å². The number of benzene rings is 3. The molecule has 9 rings (SSSR count). The SMILES string of the molecule is CCC(=O)N[C@H](Cc1ccc(NC(=O)[C@@H](NC(=O)c2ccnn2CC)C2CCCCC2)c(F)c1)C(=O)N1CCC(C)(O)CC1.CCC(=O)N[C@H](Cc1ccc(NC(=O)[C@@H](NC(=O)c2ccnn2CC)C2CCCCC2)c(F)c1)C(=O)N1CCN(Cc2ccccc2)CC1. The van der Waals surface area contributed by atoms with Gasteiger partial charge in [0, 0.05) is 97.0 Å². The zero-order valence-electron chi connectivity index (χ0n) is 54.4. The minimum Gasteiger partial charge on any atom is -0.390 e. The molecule has 0 spiro atoms. The number of aromatic nitrogens is 4. The van der Waals surface area contributed by atoms with Crippen molar-refractivity contribution in [1.82, 2.24) is 55.5 Å². The molecule has 24 heteroatoms. The van der Waals surface area contributed by atoms with Gasteiger partial charge in [0.15, 0.2) is 0 Å². The van der Waals surface area contributed by atoms with Crippen molar-refractivity contribution in [3.63, 3.8) is 0 Å². The van der Waals surface area contributed by atoms with Crippen LogP contribution in [0, 0.1) is 23.5 Å². The molecule has 2 aromatic heterocycles. The first-order chi connectivity index (χ1) is 44.8. The summed E-state index contributed by atoms with van der Waals surface area (Å²) in [7, 11) is 0. The van der Waals surface area contributed by atoms with Crippen LogP contribution >= 0.6 is 0 Å². The third-order valence-electron chi connectivity index (χ3n) is 18.3. The average Bonchev–Trinajstić information content (AvgIpc) is 1.36. The van der Waals surface area contributed by atoms with E-state index in [1.54, 1.807) is 70.4 Å². The van der Waals surface area contributed by atoms with Gasteiger partial charge in [0.2, 0.25) is 35.4 Å². The van der Waals surface area contributed by atoms with Crippen LogP contribution in [0.3, 0.4) is 0 Å². The lowest BCUT2D eigenvalue weighted by molar-refractivity contribution is -0.139. The number of nitrogens with one attached hydrogen (secondary N) is 6. The quantitative estimate of drug-likeness (QED) is 0.0320. The van der Waals surface area contributed by atoms with Gasteiger partial charge in [0.05, 0.1) is 17.0 Å². The summed E-state index contributed by atoms with van der Waals surface area (Å²) >= 11 is 0. The van der Waals surface area contributed by atoms with Crippen molar-refractivity contribution in [3.05, 3.63) is 131 Å². The Morgan fingerprint density at radius 2 is 0.957 bits per heavy atom. The van der Waals surface area contributed by atoms with Crippen molar-refractivity contribution < 1.29 is 52.2 Å². The Hall–Kier alpha value is -8.38. The summed E-state index contributed by atoms with van der Waals surface area (Å²) in [5.41, 5.74) is 2.03. The normalized spacial score (nSPS) is 17.5. The fourth-order valence-corrected chi connectivity index (χ4v) is 12.8. The maximum absolute atomic E-state index is 15.6. The molecule has 2 saturated heterocycles. The van der Waals surface area contributed by atoms with Crippen LogP contribution in [0.5, 0.6) is 0 Å². The van der Waals surface area contributed by atoms with E-state index in [4.69, 9.17) is 0 Å². The van der Waals surface area contributed by atoms with Crippen LogP contribution in [0.15, 0.2) is 91.3 Å². The molecule has 2 aliphatic heterocycles. The molecule has 4 atom stereocenters. The van der Waals surface area contributed by atoms with Crippen molar-refractivity contribution in [1.29, 1.82) is 0 Å². The second-order valence-corrected chi connectivity index (χ2v) is 25.1. The van der Waals surface area contributed by atoms with E-state index >= 15 is 8.78 Å². The zero-order chi connectivity index (χ0) is 66.6. The summed E-state index contributed by atoms with van der Waals surface area (Å²) in [6, 6.07) is 18.7. The first kappa shape index (κ1) is 70.5. The molecule has 0 bridgehead atoms.